The molecule has 0 N–H and O–H groups in total. The van der Waals surface area contributed by atoms with Crippen molar-refractivity contribution in [1.29, 1.82) is 0 Å². The molecule has 0 spiro atoms. The fourth-order valence-electron chi connectivity index (χ4n) is 5.04. The lowest BCUT2D eigenvalue weighted by Crippen LogP contribution is -2.48. The topological polar surface area (TPSA) is 49.9 Å². The smallest absolute Gasteiger partial charge is 0.242 e. The van der Waals surface area contributed by atoms with E-state index in [0.717, 1.165) is 44.1 Å². The van der Waals surface area contributed by atoms with Crippen LogP contribution in [0.15, 0.2) is 35.7 Å². The average molecular weight is 489 g/mol. The minimum atomic E-state index is -0.142. The van der Waals surface area contributed by atoms with Crippen molar-refractivity contribution in [3.8, 4) is 0 Å². The average Bonchev–Trinajstić information content (AvgIpc) is 3.53. The number of hydrogen-bond acceptors (Lipinski definition) is 4. The van der Waals surface area contributed by atoms with Crippen molar-refractivity contribution in [2.45, 2.75) is 51.5 Å². The van der Waals surface area contributed by atoms with Crippen molar-refractivity contribution in [2.75, 3.05) is 32.8 Å². The number of rotatable bonds is 9. The monoisotopic (exact) mass is 488 g/mol. The number of fused-ring (bicyclic) bond motifs is 1. The van der Waals surface area contributed by atoms with Crippen LogP contribution in [-0.4, -0.2) is 54.5 Å². The molecule has 4 rings (SSSR count). The Bertz CT molecular complexity index is 939. The van der Waals surface area contributed by atoms with Crippen molar-refractivity contribution >= 4 is 34.8 Å². The molecule has 1 aromatic heterocycles. The molecule has 2 aliphatic rings. The highest BCUT2D eigenvalue weighted by Crippen LogP contribution is 2.38. The Morgan fingerprint density at radius 1 is 1.18 bits per heavy atom. The first-order valence-electron chi connectivity index (χ1n) is 12.1. The molecule has 2 aromatic rings. The quantitative estimate of drug-likeness (QED) is 0.449. The maximum Gasteiger partial charge on any atom is 0.242 e. The lowest BCUT2D eigenvalue weighted by Gasteiger charge is -2.38. The largest absolute Gasteiger partial charge is 0.382 e. The zero-order valence-corrected chi connectivity index (χ0v) is 20.9. The van der Waals surface area contributed by atoms with Crippen molar-refractivity contribution in [1.82, 2.24) is 9.80 Å². The molecular formula is C26H33ClN2O3S. The molecule has 1 fully saturated rings. The molecule has 1 unspecified atom stereocenters. The van der Waals surface area contributed by atoms with Crippen molar-refractivity contribution < 1.29 is 14.3 Å². The number of thiophene rings is 1. The molecule has 1 saturated carbocycles. The Morgan fingerprint density at radius 3 is 2.67 bits per heavy atom. The van der Waals surface area contributed by atoms with Crippen LogP contribution in [0.5, 0.6) is 0 Å². The second-order valence-corrected chi connectivity index (χ2v) is 10.3. The molecule has 1 aromatic carbocycles. The number of amides is 2. The molecule has 33 heavy (non-hydrogen) atoms. The first-order valence-corrected chi connectivity index (χ1v) is 13.3. The number of halogens is 1. The van der Waals surface area contributed by atoms with Gasteiger partial charge in [-0.1, -0.05) is 36.6 Å². The van der Waals surface area contributed by atoms with Crippen LogP contribution in [0.1, 0.15) is 61.1 Å². The van der Waals surface area contributed by atoms with E-state index < -0.39 is 0 Å². The predicted molar refractivity (Wildman–Crippen MR) is 133 cm³/mol. The number of ether oxygens (including phenoxy) is 1. The van der Waals surface area contributed by atoms with Crippen LogP contribution in [0.2, 0.25) is 5.02 Å². The maximum atomic E-state index is 13.7. The van der Waals surface area contributed by atoms with Gasteiger partial charge in [-0.2, -0.15) is 0 Å². The lowest BCUT2D eigenvalue weighted by atomic mass is 9.93. The van der Waals surface area contributed by atoms with Crippen LogP contribution in [0.25, 0.3) is 0 Å². The van der Waals surface area contributed by atoms with Gasteiger partial charge in [0.1, 0.15) is 0 Å². The standard InChI is InChI=1S/C26H33ClN2O3S/c1-2-32-16-5-14-28(26(31)20-6-3-4-7-20)18-24(30)29-15-12-23-22(13-17-33-23)25(29)19-8-10-21(27)11-9-19/h8-11,13,17,20,25H,2-7,12,14-16,18H2,1H3. The summed E-state index contributed by atoms with van der Waals surface area (Å²) in [4.78, 5) is 32.0. The van der Waals surface area contributed by atoms with Crippen molar-refractivity contribution in [3.63, 3.8) is 0 Å². The Labute approximate surface area is 205 Å². The molecule has 1 aliphatic heterocycles. The molecule has 0 saturated heterocycles. The number of benzene rings is 1. The SMILES string of the molecule is CCOCCCN(CC(=O)N1CCc2sccc2C1c1ccc(Cl)cc1)C(=O)C1CCCC1. The number of nitrogens with zero attached hydrogens (tertiary/aromatic N) is 2. The summed E-state index contributed by atoms with van der Waals surface area (Å²) in [5.41, 5.74) is 2.24. The highest BCUT2D eigenvalue weighted by molar-refractivity contribution is 7.10. The summed E-state index contributed by atoms with van der Waals surface area (Å²) in [6.07, 6.45) is 5.67. The van der Waals surface area contributed by atoms with Crippen LogP contribution in [0.4, 0.5) is 0 Å². The summed E-state index contributed by atoms with van der Waals surface area (Å²) < 4.78 is 5.48. The van der Waals surface area contributed by atoms with Crippen LogP contribution in [0, 0.1) is 5.92 Å². The molecule has 5 nitrogen and oxygen atoms in total. The normalized spacial score (nSPS) is 18.4. The van der Waals surface area contributed by atoms with Crippen LogP contribution in [0.3, 0.4) is 0 Å². The van der Waals surface area contributed by atoms with Gasteiger partial charge >= 0.3 is 0 Å². The maximum absolute atomic E-state index is 13.7. The van der Waals surface area contributed by atoms with E-state index in [4.69, 9.17) is 16.3 Å². The van der Waals surface area contributed by atoms with Gasteiger partial charge in [-0.25, -0.2) is 0 Å². The predicted octanol–water partition coefficient (Wildman–Crippen LogP) is 5.32. The molecule has 7 heteroatoms. The summed E-state index contributed by atoms with van der Waals surface area (Å²) in [5, 5.41) is 2.78. The Balaban J connectivity index is 1.53. The molecule has 1 atom stereocenters. The number of hydrogen-bond donors (Lipinski definition) is 0. The van der Waals surface area contributed by atoms with Crippen LogP contribution in [-0.2, 0) is 20.7 Å². The van der Waals surface area contributed by atoms with Gasteiger partial charge < -0.3 is 14.5 Å². The molecular weight excluding hydrogens is 456 g/mol. The van der Waals surface area contributed by atoms with Crippen molar-refractivity contribution in [2.24, 2.45) is 5.92 Å². The van der Waals surface area contributed by atoms with E-state index in [1.165, 1.54) is 10.4 Å². The van der Waals surface area contributed by atoms with E-state index >= 15 is 0 Å². The molecule has 178 valence electrons. The zero-order chi connectivity index (χ0) is 23.2. The van der Waals surface area contributed by atoms with Gasteiger partial charge in [0.15, 0.2) is 0 Å². The third-order valence-corrected chi connectivity index (χ3v) is 7.98. The van der Waals surface area contributed by atoms with E-state index in [9.17, 15) is 9.59 Å². The van der Waals surface area contributed by atoms with Gasteiger partial charge in [0, 0.05) is 42.1 Å². The van der Waals surface area contributed by atoms with Gasteiger partial charge in [-0.15, -0.1) is 11.3 Å². The van der Waals surface area contributed by atoms with E-state index in [1.54, 1.807) is 16.2 Å². The lowest BCUT2D eigenvalue weighted by molar-refractivity contribution is -0.144. The zero-order valence-electron chi connectivity index (χ0n) is 19.3. The van der Waals surface area contributed by atoms with E-state index in [2.05, 4.69) is 11.4 Å². The molecule has 2 amide bonds. The first kappa shape index (κ1) is 24.2. The van der Waals surface area contributed by atoms with Crippen LogP contribution < -0.4 is 0 Å². The van der Waals surface area contributed by atoms with E-state index in [-0.39, 0.29) is 30.3 Å². The second kappa shape index (κ2) is 11.5. The number of carbonyl (C=O) groups excluding carboxylic acids is 2. The highest BCUT2D eigenvalue weighted by atomic mass is 35.5. The Kier molecular flexibility index (Phi) is 8.45. The summed E-state index contributed by atoms with van der Waals surface area (Å²) in [5.74, 6) is 0.199. The minimum Gasteiger partial charge on any atom is -0.382 e. The third kappa shape index (κ3) is 5.79. The van der Waals surface area contributed by atoms with Gasteiger partial charge in [-0.05, 0) is 67.3 Å². The summed E-state index contributed by atoms with van der Waals surface area (Å²) in [6.45, 7) is 4.58. The summed E-state index contributed by atoms with van der Waals surface area (Å²) >= 11 is 7.88. The fourth-order valence-corrected chi connectivity index (χ4v) is 6.07. The second-order valence-electron chi connectivity index (χ2n) is 8.88. The number of carbonyl (C=O) groups is 2. The minimum absolute atomic E-state index is 0.00885. The highest BCUT2D eigenvalue weighted by Gasteiger charge is 2.35. The Hall–Kier alpha value is -1.89. The fraction of sp³-hybridized carbons (Fsp3) is 0.538. The van der Waals surface area contributed by atoms with Crippen molar-refractivity contribution in [3.05, 3.63) is 56.7 Å². The van der Waals surface area contributed by atoms with Gasteiger partial charge in [0.2, 0.25) is 11.8 Å². The molecule has 2 heterocycles. The summed E-state index contributed by atoms with van der Waals surface area (Å²) in [6, 6.07) is 9.75. The van der Waals surface area contributed by atoms with Crippen LogP contribution >= 0.6 is 22.9 Å². The van der Waals surface area contributed by atoms with E-state index in [1.807, 2.05) is 36.1 Å². The molecule has 0 radical (unpaired) electrons. The molecule has 0 bridgehead atoms. The molecule has 1 aliphatic carbocycles. The van der Waals surface area contributed by atoms with Gasteiger partial charge in [0.05, 0.1) is 12.6 Å². The van der Waals surface area contributed by atoms with E-state index in [0.29, 0.717) is 31.3 Å². The summed E-state index contributed by atoms with van der Waals surface area (Å²) in [7, 11) is 0. The van der Waals surface area contributed by atoms with Gasteiger partial charge in [-0.3, -0.25) is 9.59 Å². The van der Waals surface area contributed by atoms with Gasteiger partial charge in [0.25, 0.3) is 0 Å². The third-order valence-electron chi connectivity index (χ3n) is 6.74. The first-order chi connectivity index (χ1) is 16.1. The Morgan fingerprint density at radius 2 is 1.94 bits per heavy atom.